The van der Waals surface area contributed by atoms with Gasteiger partial charge in [0.05, 0.1) is 20.6 Å². The minimum Gasteiger partial charge on any atom is -0.497 e. The van der Waals surface area contributed by atoms with Crippen LogP contribution in [0, 0.1) is 0 Å². The maximum Gasteiger partial charge on any atom is 0.251 e. The maximum atomic E-state index is 12.2. The molecular formula is C19H21ClN2O4. The number of nitrogens with one attached hydrogen (secondary N) is 2. The highest BCUT2D eigenvalue weighted by molar-refractivity contribution is 6.30. The SMILES string of the molecule is COc1cc(OC)cc(C(=O)NCCNC(=O)Cc2ccc(Cl)cc2)c1. The van der Waals surface area contributed by atoms with E-state index < -0.39 is 0 Å². The summed E-state index contributed by atoms with van der Waals surface area (Å²) >= 11 is 5.81. The van der Waals surface area contributed by atoms with Gasteiger partial charge in [0.25, 0.3) is 5.91 Å². The van der Waals surface area contributed by atoms with Gasteiger partial charge in [-0.3, -0.25) is 9.59 Å². The van der Waals surface area contributed by atoms with Crippen LogP contribution < -0.4 is 20.1 Å². The van der Waals surface area contributed by atoms with Crippen LogP contribution in [0.25, 0.3) is 0 Å². The summed E-state index contributed by atoms with van der Waals surface area (Å²) in [5.74, 6) is 0.676. The van der Waals surface area contributed by atoms with Crippen molar-refractivity contribution in [1.29, 1.82) is 0 Å². The van der Waals surface area contributed by atoms with Gasteiger partial charge in [-0.15, -0.1) is 0 Å². The molecule has 6 nitrogen and oxygen atoms in total. The topological polar surface area (TPSA) is 76.7 Å². The van der Waals surface area contributed by atoms with Crippen molar-refractivity contribution in [3.8, 4) is 11.5 Å². The van der Waals surface area contributed by atoms with Crippen molar-refractivity contribution in [1.82, 2.24) is 10.6 Å². The van der Waals surface area contributed by atoms with Gasteiger partial charge < -0.3 is 20.1 Å². The Hall–Kier alpha value is -2.73. The number of ether oxygens (including phenoxy) is 2. The molecule has 7 heteroatoms. The van der Waals surface area contributed by atoms with E-state index in [1.54, 1.807) is 42.5 Å². The summed E-state index contributed by atoms with van der Waals surface area (Å²) in [4.78, 5) is 24.1. The third-order valence-electron chi connectivity index (χ3n) is 3.62. The van der Waals surface area contributed by atoms with Gasteiger partial charge in [-0.1, -0.05) is 23.7 Å². The number of halogens is 1. The molecule has 0 fully saturated rings. The van der Waals surface area contributed by atoms with Gasteiger partial charge in [-0.2, -0.15) is 0 Å². The lowest BCUT2D eigenvalue weighted by Crippen LogP contribution is -2.35. The molecule has 0 radical (unpaired) electrons. The number of rotatable bonds is 8. The number of methoxy groups -OCH3 is 2. The van der Waals surface area contributed by atoms with Crippen LogP contribution >= 0.6 is 11.6 Å². The van der Waals surface area contributed by atoms with Crippen LogP contribution in [0.1, 0.15) is 15.9 Å². The van der Waals surface area contributed by atoms with Crippen molar-refractivity contribution in [2.75, 3.05) is 27.3 Å². The Morgan fingerprint density at radius 2 is 1.50 bits per heavy atom. The quantitative estimate of drug-likeness (QED) is 0.694. The molecule has 26 heavy (non-hydrogen) atoms. The van der Waals surface area contributed by atoms with E-state index in [0.717, 1.165) is 5.56 Å². The molecule has 0 aliphatic heterocycles. The number of carbonyl (C=O) groups excluding carboxylic acids is 2. The van der Waals surface area contributed by atoms with Crippen LogP contribution in [0.5, 0.6) is 11.5 Å². The largest absolute Gasteiger partial charge is 0.497 e. The molecule has 2 aromatic carbocycles. The Bertz CT molecular complexity index is 740. The first kappa shape index (κ1) is 19.6. The Kier molecular flexibility index (Phi) is 7.29. The predicted octanol–water partition coefficient (Wildman–Crippen LogP) is 2.45. The zero-order valence-electron chi connectivity index (χ0n) is 14.7. The van der Waals surface area contributed by atoms with Crippen LogP contribution in [0.4, 0.5) is 0 Å². The summed E-state index contributed by atoms with van der Waals surface area (Å²) in [6.45, 7) is 0.643. The van der Waals surface area contributed by atoms with E-state index in [1.165, 1.54) is 14.2 Å². The smallest absolute Gasteiger partial charge is 0.251 e. The van der Waals surface area contributed by atoms with Crippen molar-refractivity contribution in [3.63, 3.8) is 0 Å². The summed E-state index contributed by atoms with van der Waals surface area (Å²) in [5.41, 5.74) is 1.30. The van der Waals surface area contributed by atoms with Crippen molar-refractivity contribution in [3.05, 3.63) is 58.6 Å². The molecular weight excluding hydrogens is 356 g/mol. The van der Waals surface area contributed by atoms with Gasteiger partial charge in [0.1, 0.15) is 11.5 Å². The average molecular weight is 377 g/mol. The fourth-order valence-electron chi connectivity index (χ4n) is 2.27. The Morgan fingerprint density at radius 3 is 2.08 bits per heavy atom. The first-order valence-corrected chi connectivity index (χ1v) is 8.42. The fourth-order valence-corrected chi connectivity index (χ4v) is 2.39. The normalized spacial score (nSPS) is 10.1. The second-order valence-corrected chi connectivity index (χ2v) is 5.95. The van der Waals surface area contributed by atoms with Gasteiger partial charge in [-0.25, -0.2) is 0 Å². The fraction of sp³-hybridized carbons (Fsp3) is 0.263. The molecule has 2 aromatic rings. The molecule has 0 atom stereocenters. The third kappa shape index (κ3) is 5.97. The van der Waals surface area contributed by atoms with E-state index >= 15 is 0 Å². The molecule has 2 amide bonds. The van der Waals surface area contributed by atoms with E-state index in [0.29, 0.717) is 35.2 Å². The summed E-state index contributed by atoms with van der Waals surface area (Å²) in [6.07, 6.45) is 0.262. The van der Waals surface area contributed by atoms with Crippen molar-refractivity contribution in [2.24, 2.45) is 0 Å². The highest BCUT2D eigenvalue weighted by Gasteiger charge is 2.10. The van der Waals surface area contributed by atoms with E-state index in [2.05, 4.69) is 10.6 Å². The number of carbonyl (C=O) groups is 2. The lowest BCUT2D eigenvalue weighted by Gasteiger charge is -2.10. The van der Waals surface area contributed by atoms with Gasteiger partial charge in [-0.05, 0) is 29.8 Å². The summed E-state index contributed by atoms with van der Waals surface area (Å²) in [6, 6.07) is 12.0. The molecule has 0 aromatic heterocycles. The first-order valence-electron chi connectivity index (χ1n) is 8.04. The highest BCUT2D eigenvalue weighted by Crippen LogP contribution is 2.22. The molecule has 0 saturated heterocycles. The molecule has 2 rings (SSSR count). The summed E-state index contributed by atoms with van der Waals surface area (Å²) in [5, 5.41) is 6.14. The third-order valence-corrected chi connectivity index (χ3v) is 3.88. The van der Waals surface area contributed by atoms with Crippen LogP contribution in [0.2, 0.25) is 5.02 Å². The molecule has 0 heterocycles. The number of benzene rings is 2. The summed E-state index contributed by atoms with van der Waals surface area (Å²) in [7, 11) is 3.04. The van der Waals surface area contributed by atoms with Gasteiger partial charge in [0.15, 0.2) is 0 Å². The second-order valence-electron chi connectivity index (χ2n) is 5.51. The van der Waals surface area contributed by atoms with Crippen LogP contribution in [0.15, 0.2) is 42.5 Å². The minimum absolute atomic E-state index is 0.121. The molecule has 0 aliphatic carbocycles. The Balaban J connectivity index is 1.77. The van der Waals surface area contributed by atoms with Gasteiger partial charge in [0.2, 0.25) is 5.91 Å². The monoisotopic (exact) mass is 376 g/mol. The first-order chi connectivity index (χ1) is 12.5. The lowest BCUT2D eigenvalue weighted by atomic mass is 10.1. The van der Waals surface area contributed by atoms with E-state index in [1.807, 2.05) is 0 Å². The number of hydrogen-bond donors (Lipinski definition) is 2. The summed E-state index contributed by atoms with van der Waals surface area (Å²) < 4.78 is 10.3. The van der Waals surface area contributed by atoms with E-state index in [9.17, 15) is 9.59 Å². The van der Waals surface area contributed by atoms with E-state index in [-0.39, 0.29) is 18.2 Å². The van der Waals surface area contributed by atoms with Crippen LogP contribution in [-0.2, 0) is 11.2 Å². The van der Waals surface area contributed by atoms with Crippen molar-refractivity contribution in [2.45, 2.75) is 6.42 Å². The Labute approximate surface area is 157 Å². The molecule has 0 bridgehead atoms. The zero-order chi connectivity index (χ0) is 18.9. The predicted molar refractivity (Wildman–Crippen MR) is 100 cm³/mol. The van der Waals surface area contributed by atoms with Crippen molar-refractivity contribution >= 4 is 23.4 Å². The molecule has 0 aliphatic rings. The standard InChI is InChI=1S/C19H21ClN2O4/c1-25-16-10-14(11-17(12-16)26-2)19(24)22-8-7-21-18(23)9-13-3-5-15(20)6-4-13/h3-6,10-12H,7-9H2,1-2H3,(H,21,23)(H,22,24). The van der Waals surface area contributed by atoms with Crippen molar-refractivity contribution < 1.29 is 19.1 Å². The molecule has 0 saturated carbocycles. The molecule has 0 spiro atoms. The lowest BCUT2D eigenvalue weighted by molar-refractivity contribution is -0.120. The second kappa shape index (κ2) is 9.68. The molecule has 0 unspecified atom stereocenters. The molecule has 2 N–H and O–H groups in total. The number of amides is 2. The zero-order valence-corrected chi connectivity index (χ0v) is 15.4. The van der Waals surface area contributed by atoms with Crippen LogP contribution in [0.3, 0.4) is 0 Å². The van der Waals surface area contributed by atoms with Gasteiger partial charge >= 0.3 is 0 Å². The maximum absolute atomic E-state index is 12.2. The van der Waals surface area contributed by atoms with E-state index in [4.69, 9.17) is 21.1 Å². The van der Waals surface area contributed by atoms with Crippen LogP contribution in [-0.4, -0.2) is 39.1 Å². The molecule has 138 valence electrons. The van der Waals surface area contributed by atoms with Gasteiger partial charge in [0, 0.05) is 29.7 Å². The Morgan fingerprint density at radius 1 is 0.923 bits per heavy atom. The highest BCUT2D eigenvalue weighted by atomic mass is 35.5. The average Bonchev–Trinajstić information content (AvgIpc) is 2.66. The minimum atomic E-state index is -0.269. The number of hydrogen-bond acceptors (Lipinski definition) is 4.